The van der Waals surface area contributed by atoms with Crippen LogP contribution in [0.1, 0.15) is 17.0 Å². The van der Waals surface area contributed by atoms with Gasteiger partial charge in [-0.05, 0) is 35.9 Å². The highest BCUT2D eigenvalue weighted by Crippen LogP contribution is 2.36. The molecule has 19 heteroatoms. The summed E-state index contributed by atoms with van der Waals surface area (Å²) in [6, 6.07) is 8.25. The third-order valence-corrected chi connectivity index (χ3v) is 7.98. The fourth-order valence-electron chi connectivity index (χ4n) is 3.93. The van der Waals surface area contributed by atoms with Crippen LogP contribution in [0, 0.1) is 10.1 Å². The third-order valence-electron chi connectivity index (χ3n) is 6.12. The SMILES string of the molecule is Nc1nc(C(=NOc2cccc(C(F)(F)F)c2)C(=O)NC2C(=O)N3C=C(C(=O)OCc4ccc([N+](=O)[O-])cc4)CS[C@H]23)ns1. The van der Waals surface area contributed by atoms with Crippen molar-refractivity contribution in [2.75, 3.05) is 11.5 Å². The van der Waals surface area contributed by atoms with Crippen molar-refractivity contribution >= 4 is 57.6 Å². The van der Waals surface area contributed by atoms with E-state index in [0.717, 1.165) is 23.7 Å². The molecule has 0 bridgehead atoms. The summed E-state index contributed by atoms with van der Waals surface area (Å²) in [6.45, 7) is -0.144. The minimum absolute atomic E-state index is 0.0218. The van der Waals surface area contributed by atoms with Crippen LogP contribution in [0.25, 0.3) is 0 Å². The van der Waals surface area contributed by atoms with E-state index < -0.39 is 51.6 Å². The molecule has 2 aromatic carbocycles. The summed E-state index contributed by atoms with van der Waals surface area (Å²) >= 11 is 1.91. The number of halogens is 3. The van der Waals surface area contributed by atoms with Crippen LogP contribution in [-0.2, 0) is 31.9 Å². The van der Waals surface area contributed by atoms with Crippen LogP contribution >= 0.6 is 23.3 Å². The molecule has 0 aliphatic carbocycles. The van der Waals surface area contributed by atoms with E-state index in [1.165, 1.54) is 53.2 Å². The largest absolute Gasteiger partial charge is 0.457 e. The maximum Gasteiger partial charge on any atom is 0.416 e. The summed E-state index contributed by atoms with van der Waals surface area (Å²) in [5.41, 5.74) is 4.68. The Bertz CT molecular complexity index is 1700. The molecule has 3 N–H and O–H groups in total. The summed E-state index contributed by atoms with van der Waals surface area (Å²) in [5.74, 6) is -2.65. The number of benzene rings is 2. The Morgan fingerprint density at radius 2 is 1.98 bits per heavy atom. The van der Waals surface area contributed by atoms with E-state index >= 15 is 0 Å². The van der Waals surface area contributed by atoms with Gasteiger partial charge in [0.2, 0.25) is 11.5 Å². The standard InChI is InChI=1S/C25H18F3N7O7S2/c26-25(27,28)14-2-1-3-16(8-14)42-32-17(19-31-24(29)44-33-19)20(36)30-18-21(37)34-9-13(11-43-22(18)34)23(38)41-10-12-4-6-15(7-5-12)35(39)40/h1-9,18,22H,10-11H2,(H,30,36)(H2,29,31,33)/t18?,22-/m1/s1. The summed E-state index contributed by atoms with van der Waals surface area (Å²) in [6.07, 6.45) is -3.32. The molecule has 1 saturated heterocycles. The number of alkyl halides is 3. The quantitative estimate of drug-likeness (QED) is 0.114. The zero-order valence-electron chi connectivity index (χ0n) is 21.9. The molecule has 1 unspecified atom stereocenters. The molecular weight excluding hydrogens is 631 g/mol. The van der Waals surface area contributed by atoms with Gasteiger partial charge < -0.3 is 25.5 Å². The lowest BCUT2D eigenvalue weighted by atomic mass is 10.1. The van der Waals surface area contributed by atoms with Gasteiger partial charge in [-0.15, -0.1) is 11.8 Å². The molecule has 3 aromatic rings. The Labute approximate surface area is 253 Å². The molecule has 44 heavy (non-hydrogen) atoms. The zero-order valence-corrected chi connectivity index (χ0v) is 23.5. The first kappa shape index (κ1) is 30.4. The molecule has 3 heterocycles. The van der Waals surface area contributed by atoms with E-state index in [2.05, 4.69) is 19.8 Å². The molecule has 2 aliphatic rings. The molecule has 2 amide bonds. The summed E-state index contributed by atoms with van der Waals surface area (Å²) < 4.78 is 48.3. The zero-order chi connectivity index (χ0) is 31.6. The lowest BCUT2D eigenvalue weighted by Crippen LogP contribution is -2.69. The highest BCUT2D eigenvalue weighted by Gasteiger charge is 2.50. The Morgan fingerprint density at radius 3 is 2.64 bits per heavy atom. The molecule has 0 radical (unpaired) electrons. The monoisotopic (exact) mass is 649 g/mol. The first-order chi connectivity index (χ1) is 20.9. The van der Waals surface area contributed by atoms with Crippen LogP contribution < -0.4 is 15.9 Å². The number of carbonyl (C=O) groups excluding carboxylic acids is 3. The summed E-state index contributed by atoms with van der Waals surface area (Å²) in [7, 11) is 0. The Kier molecular flexibility index (Phi) is 8.50. The minimum Gasteiger partial charge on any atom is -0.457 e. The Hall–Kier alpha value is -5.04. The van der Waals surface area contributed by atoms with Crippen LogP contribution in [0.5, 0.6) is 5.75 Å². The number of nitro benzene ring substituents is 1. The fraction of sp³-hybridized carbons (Fsp3) is 0.200. The lowest BCUT2D eigenvalue weighted by molar-refractivity contribution is -0.384. The number of rotatable bonds is 9. The number of aromatic nitrogens is 2. The third kappa shape index (κ3) is 6.62. The average Bonchev–Trinajstić information content (AvgIpc) is 3.43. The fourth-order valence-corrected chi connectivity index (χ4v) is 5.61. The van der Waals surface area contributed by atoms with Gasteiger partial charge in [0.25, 0.3) is 17.5 Å². The molecule has 1 fully saturated rings. The Morgan fingerprint density at radius 1 is 1.23 bits per heavy atom. The second-order valence-corrected chi connectivity index (χ2v) is 11.0. The van der Waals surface area contributed by atoms with Crippen LogP contribution in [0.2, 0.25) is 0 Å². The smallest absolute Gasteiger partial charge is 0.416 e. The predicted molar refractivity (Wildman–Crippen MR) is 149 cm³/mol. The van der Waals surface area contributed by atoms with E-state index in [0.29, 0.717) is 11.6 Å². The molecule has 0 spiro atoms. The first-order valence-corrected chi connectivity index (χ1v) is 14.1. The maximum absolute atomic E-state index is 13.1. The van der Waals surface area contributed by atoms with Crippen molar-refractivity contribution in [3.8, 4) is 5.75 Å². The number of esters is 1. The van der Waals surface area contributed by atoms with E-state index in [1.54, 1.807) is 0 Å². The molecule has 0 saturated carbocycles. The molecule has 14 nitrogen and oxygen atoms in total. The van der Waals surface area contributed by atoms with Gasteiger partial charge in [-0.2, -0.15) is 22.5 Å². The highest BCUT2D eigenvalue weighted by atomic mass is 32.2. The lowest BCUT2D eigenvalue weighted by Gasteiger charge is -2.47. The number of nitrogens with two attached hydrogens (primary N) is 1. The van der Waals surface area contributed by atoms with E-state index in [9.17, 15) is 37.7 Å². The van der Waals surface area contributed by atoms with Crippen molar-refractivity contribution in [3.63, 3.8) is 0 Å². The number of nitro groups is 1. The number of anilines is 1. The molecule has 2 aliphatic heterocycles. The second kappa shape index (κ2) is 12.3. The number of thioether (sulfide) groups is 1. The number of β-lactam (4-membered cyclic amide) rings is 1. The highest BCUT2D eigenvalue weighted by molar-refractivity contribution is 8.00. The molecule has 2 atom stereocenters. The number of nitrogens with zero attached hydrogens (tertiary/aromatic N) is 5. The number of oxime groups is 1. The number of hydrogen-bond acceptors (Lipinski definition) is 13. The molecule has 1 aromatic heterocycles. The first-order valence-electron chi connectivity index (χ1n) is 12.3. The van der Waals surface area contributed by atoms with Crippen molar-refractivity contribution in [1.82, 2.24) is 19.6 Å². The van der Waals surface area contributed by atoms with E-state index in [-0.39, 0.29) is 40.3 Å². The topological polar surface area (TPSA) is 192 Å². The number of fused-ring (bicyclic) bond motifs is 1. The van der Waals surface area contributed by atoms with Gasteiger partial charge in [-0.3, -0.25) is 19.7 Å². The van der Waals surface area contributed by atoms with Gasteiger partial charge in [0.1, 0.15) is 18.0 Å². The number of amides is 2. The molecule has 5 rings (SSSR count). The van der Waals surface area contributed by atoms with Crippen molar-refractivity contribution in [1.29, 1.82) is 0 Å². The van der Waals surface area contributed by atoms with Crippen molar-refractivity contribution < 1.29 is 42.1 Å². The van der Waals surface area contributed by atoms with Gasteiger partial charge >= 0.3 is 12.1 Å². The van der Waals surface area contributed by atoms with Gasteiger partial charge in [0.15, 0.2) is 10.9 Å². The number of nitrogen functional groups attached to an aromatic ring is 1. The predicted octanol–water partition coefficient (Wildman–Crippen LogP) is 2.86. The molecule has 228 valence electrons. The second-order valence-electron chi connectivity index (χ2n) is 9.07. The number of ether oxygens (including phenoxy) is 1. The average molecular weight is 650 g/mol. The van der Waals surface area contributed by atoms with Gasteiger partial charge in [-0.25, -0.2) is 4.79 Å². The molecular formula is C25H18F3N7O7S2. The Balaban J connectivity index is 1.23. The summed E-state index contributed by atoms with van der Waals surface area (Å²) in [5, 5.41) is 16.3. The number of hydrogen-bond donors (Lipinski definition) is 2. The maximum atomic E-state index is 13.1. The van der Waals surface area contributed by atoms with Crippen molar-refractivity contribution in [2.45, 2.75) is 24.2 Å². The van der Waals surface area contributed by atoms with Crippen molar-refractivity contribution in [3.05, 3.63) is 87.4 Å². The summed E-state index contributed by atoms with van der Waals surface area (Å²) in [4.78, 5) is 59.0. The van der Waals surface area contributed by atoms with Gasteiger partial charge in [0, 0.05) is 35.6 Å². The van der Waals surface area contributed by atoms with Gasteiger partial charge in [0.05, 0.1) is 16.1 Å². The van der Waals surface area contributed by atoms with E-state index in [4.69, 9.17) is 15.3 Å². The van der Waals surface area contributed by atoms with Crippen LogP contribution in [-0.4, -0.2) is 59.8 Å². The van der Waals surface area contributed by atoms with Crippen LogP contribution in [0.15, 0.2) is 65.5 Å². The van der Waals surface area contributed by atoms with E-state index in [1.807, 2.05) is 0 Å². The number of carbonyl (C=O) groups is 3. The minimum atomic E-state index is -4.64. The number of nitrogens with one attached hydrogen (secondary N) is 1. The van der Waals surface area contributed by atoms with Crippen molar-refractivity contribution in [2.24, 2.45) is 5.16 Å². The van der Waals surface area contributed by atoms with Crippen LogP contribution in [0.3, 0.4) is 0 Å². The normalized spacial score (nSPS) is 18.1. The van der Waals surface area contributed by atoms with Crippen LogP contribution in [0.4, 0.5) is 24.0 Å². The number of non-ortho nitro benzene ring substituents is 1. The van der Waals surface area contributed by atoms with Gasteiger partial charge in [-0.1, -0.05) is 11.2 Å².